The van der Waals surface area contributed by atoms with Crippen molar-refractivity contribution in [1.82, 2.24) is 5.32 Å². The van der Waals surface area contributed by atoms with Crippen LogP contribution in [0.15, 0.2) is 60.8 Å². The van der Waals surface area contributed by atoms with Crippen molar-refractivity contribution in [3.05, 3.63) is 60.8 Å². The third-order valence-electron chi connectivity index (χ3n) is 13.0. The highest BCUT2D eigenvalue weighted by atomic mass is 16.7. The van der Waals surface area contributed by atoms with Gasteiger partial charge in [-0.05, 0) is 44.9 Å². The van der Waals surface area contributed by atoms with Gasteiger partial charge in [0, 0.05) is 6.42 Å². The van der Waals surface area contributed by atoms with E-state index in [1.165, 1.54) is 116 Å². The average molecular weight is 980 g/mol. The van der Waals surface area contributed by atoms with E-state index in [4.69, 9.17) is 18.9 Å². The minimum atomic E-state index is -1.80. The third-order valence-corrected chi connectivity index (χ3v) is 13.0. The molecular formula is C55H97NO13. The van der Waals surface area contributed by atoms with Gasteiger partial charge in [0.25, 0.3) is 0 Å². The lowest BCUT2D eigenvalue weighted by atomic mass is 9.97. The minimum Gasteiger partial charge on any atom is -0.394 e. The fourth-order valence-corrected chi connectivity index (χ4v) is 8.60. The lowest BCUT2D eigenvalue weighted by Gasteiger charge is -2.46. The average Bonchev–Trinajstić information content (AvgIpc) is 3.35. The molecule has 69 heavy (non-hydrogen) atoms. The highest BCUT2D eigenvalue weighted by Gasteiger charge is 2.51. The Kier molecular flexibility index (Phi) is 37.5. The van der Waals surface area contributed by atoms with E-state index in [2.05, 4.69) is 55.6 Å². The van der Waals surface area contributed by atoms with E-state index in [9.17, 15) is 45.6 Å². The van der Waals surface area contributed by atoms with E-state index < -0.39 is 86.8 Å². The SMILES string of the molecule is CC/C=C\C/C=C\C/C=C\C/C=C\CCC(=O)NC(COC1OC(CO)C(OC2OC(CO)C(O)C(O)C2O)C(O)C1O)C(O)/C=C/CCCCCCCCCCCCCCCCCCCCCC. The molecule has 2 heterocycles. The molecule has 2 rings (SSSR count). The zero-order valence-corrected chi connectivity index (χ0v) is 42.5. The lowest BCUT2D eigenvalue weighted by Crippen LogP contribution is -2.65. The number of hydrogen-bond donors (Lipinski definition) is 9. The largest absolute Gasteiger partial charge is 0.394 e. The molecule has 14 heteroatoms. The molecule has 0 radical (unpaired) electrons. The maximum Gasteiger partial charge on any atom is 0.220 e. The van der Waals surface area contributed by atoms with Crippen molar-refractivity contribution in [3.63, 3.8) is 0 Å². The van der Waals surface area contributed by atoms with Crippen LogP contribution in [-0.4, -0.2) is 140 Å². The Morgan fingerprint density at radius 3 is 1.51 bits per heavy atom. The van der Waals surface area contributed by atoms with Gasteiger partial charge in [-0.2, -0.15) is 0 Å². The van der Waals surface area contributed by atoms with Gasteiger partial charge < -0.3 is 65.1 Å². The van der Waals surface area contributed by atoms with Crippen molar-refractivity contribution in [2.45, 2.75) is 261 Å². The molecule has 2 fully saturated rings. The number of carbonyl (C=O) groups is 1. The second-order valence-corrected chi connectivity index (χ2v) is 19.0. The summed E-state index contributed by atoms with van der Waals surface area (Å²) in [5, 5.41) is 86.8. The Morgan fingerprint density at radius 1 is 0.536 bits per heavy atom. The number of amides is 1. The Labute approximate surface area is 416 Å². The minimum absolute atomic E-state index is 0.158. The molecule has 12 unspecified atom stereocenters. The van der Waals surface area contributed by atoms with Gasteiger partial charge in [-0.15, -0.1) is 0 Å². The van der Waals surface area contributed by atoms with Gasteiger partial charge in [0.1, 0.15) is 48.8 Å². The summed E-state index contributed by atoms with van der Waals surface area (Å²) >= 11 is 0. The monoisotopic (exact) mass is 980 g/mol. The summed E-state index contributed by atoms with van der Waals surface area (Å²) in [6.07, 6.45) is 34.3. The molecule has 14 nitrogen and oxygen atoms in total. The van der Waals surface area contributed by atoms with Crippen molar-refractivity contribution in [2.24, 2.45) is 0 Å². The Balaban J connectivity index is 1.82. The van der Waals surface area contributed by atoms with Gasteiger partial charge in [0.15, 0.2) is 12.6 Å². The van der Waals surface area contributed by atoms with Crippen LogP contribution in [0.25, 0.3) is 0 Å². The molecule has 2 saturated heterocycles. The van der Waals surface area contributed by atoms with Gasteiger partial charge in [-0.25, -0.2) is 0 Å². The van der Waals surface area contributed by atoms with E-state index >= 15 is 0 Å². The van der Waals surface area contributed by atoms with Crippen LogP contribution in [0.1, 0.15) is 187 Å². The highest BCUT2D eigenvalue weighted by Crippen LogP contribution is 2.30. The molecule has 2 aliphatic heterocycles. The second-order valence-electron chi connectivity index (χ2n) is 19.0. The molecule has 2 aliphatic rings. The first kappa shape index (κ1) is 62.8. The smallest absolute Gasteiger partial charge is 0.220 e. The number of unbranched alkanes of at least 4 members (excludes halogenated alkanes) is 20. The van der Waals surface area contributed by atoms with Gasteiger partial charge in [-0.1, -0.05) is 197 Å². The number of ether oxygens (including phenoxy) is 4. The molecule has 9 N–H and O–H groups in total. The number of aliphatic hydroxyl groups is 8. The van der Waals surface area contributed by atoms with E-state index in [-0.39, 0.29) is 18.9 Å². The first-order chi connectivity index (χ1) is 33.6. The first-order valence-electron chi connectivity index (χ1n) is 27.0. The fourth-order valence-electron chi connectivity index (χ4n) is 8.60. The number of carbonyl (C=O) groups excluding carboxylic acids is 1. The van der Waals surface area contributed by atoms with Crippen LogP contribution in [-0.2, 0) is 23.7 Å². The molecular weight excluding hydrogens is 883 g/mol. The quantitative estimate of drug-likeness (QED) is 0.0211. The highest BCUT2D eigenvalue weighted by molar-refractivity contribution is 5.76. The number of aliphatic hydroxyl groups excluding tert-OH is 8. The number of hydrogen-bond acceptors (Lipinski definition) is 13. The van der Waals surface area contributed by atoms with E-state index in [1.807, 2.05) is 18.2 Å². The molecule has 1 amide bonds. The van der Waals surface area contributed by atoms with Gasteiger partial charge in [0.2, 0.25) is 5.91 Å². The summed E-state index contributed by atoms with van der Waals surface area (Å²) in [5.74, 6) is -0.320. The molecule has 0 spiro atoms. The normalized spacial score (nSPS) is 26.6. The molecule has 0 aromatic rings. The number of allylic oxidation sites excluding steroid dienone is 9. The topological polar surface area (TPSA) is 228 Å². The third kappa shape index (κ3) is 27.9. The lowest BCUT2D eigenvalue weighted by molar-refractivity contribution is -0.359. The summed E-state index contributed by atoms with van der Waals surface area (Å²) in [5.41, 5.74) is 0. The van der Waals surface area contributed by atoms with Gasteiger partial charge >= 0.3 is 0 Å². The van der Waals surface area contributed by atoms with Gasteiger partial charge in [-0.3, -0.25) is 4.79 Å². The van der Waals surface area contributed by atoms with Crippen LogP contribution < -0.4 is 5.32 Å². The van der Waals surface area contributed by atoms with Crippen LogP contribution in [0.4, 0.5) is 0 Å². The maximum atomic E-state index is 13.1. The van der Waals surface area contributed by atoms with Crippen molar-refractivity contribution in [3.8, 4) is 0 Å². The van der Waals surface area contributed by atoms with Crippen molar-refractivity contribution in [1.29, 1.82) is 0 Å². The molecule has 0 aromatic carbocycles. The molecule has 0 saturated carbocycles. The summed E-state index contributed by atoms with van der Waals surface area (Å²) < 4.78 is 22.7. The molecule has 0 bridgehead atoms. The van der Waals surface area contributed by atoms with Gasteiger partial charge in [0.05, 0.1) is 32.0 Å². The Hall–Kier alpha value is -2.31. The van der Waals surface area contributed by atoms with Crippen molar-refractivity contribution >= 4 is 5.91 Å². The van der Waals surface area contributed by atoms with Crippen LogP contribution in [0.2, 0.25) is 0 Å². The van der Waals surface area contributed by atoms with Crippen LogP contribution in [0, 0.1) is 0 Å². The number of rotatable bonds is 41. The number of nitrogens with one attached hydrogen (secondary N) is 1. The molecule has 400 valence electrons. The fraction of sp³-hybridized carbons (Fsp3) is 0.800. The first-order valence-corrected chi connectivity index (χ1v) is 27.0. The summed E-state index contributed by atoms with van der Waals surface area (Å²) in [6, 6.07) is -0.954. The Morgan fingerprint density at radius 2 is 1.00 bits per heavy atom. The van der Waals surface area contributed by atoms with Crippen molar-refractivity contribution in [2.75, 3.05) is 19.8 Å². The Bertz CT molecular complexity index is 1390. The summed E-state index contributed by atoms with van der Waals surface area (Å²) in [7, 11) is 0. The molecule has 12 atom stereocenters. The summed E-state index contributed by atoms with van der Waals surface area (Å²) in [4.78, 5) is 13.1. The zero-order valence-electron chi connectivity index (χ0n) is 42.5. The molecule has 0 aromatic heterocycles. The predicted octanol–water partition coefficient (Wildman–Crippen LogP) is 7.83. The predicted molar refractivity (Wildman–Crippen MR) is 272 cm³/mol. The van der Waals surface area contributed by atoms with E-state index in [1.54, 1.807) is 6.08 Å². The van der Waals surface area contributed by atoms with E-state index in [0.717, 1.165) is 44.9 Å². The van der Waals surface area contributed by atoms with Crippen LogP contribution in [0.3, 0.4) is 0 Å². The van der Waals surface area contributed by atoms with Crippen molar-refractivity contribution < 1.29 is 64.6 Å². The second kappa shape index (κ2) is 41.2. The van der Waals surface area contributed by atoms with Crippen LogP contribution in [0.5, 0.6) is 0 Å². The standard InChI is InChI=1S/C55H97NO13/c1-3-5-7-9-11-13-15-17-18-19-20-21-22-23-24-25-27-28-30-32-34-36-38-44(59)43(56-47(60)39-37-35-33-31-29-26-16-14-12-10-8-6-4-2)42-66-54-52(65)50(63)53(46(41-58)68-54)69-55-51(64)49(62)48(61)45(40-57)67-55/h6,8,12,14,26,29,33,35-36,38,43-46,48-55,57-59,61-65H,3-5,7,9-11,13,15-25,27-28,30-32,34,37,39-42H2,1-2H3,(H,56,60)/b8-6-,14-12-,29-26-,35-33-,38-36+. The van der Waals surface area contributed by atoms with E-state index in [0.29, 0.717) is 6.42 Å². The zero-order chi connectivity index (χ0) is 50.3. The summed E-state index contributed by atoms with van der Waals surface area (Å²) in [6.45, 7) is 2.62. The maximum absolute atomic E-state index is 13.1. The van der Waals surface area contributed by atoms with Crippen LogP contribution >= 0.6 is 0 Å². The molecule has 0 aliphatic carbocycles.